The maximum atomic E-state index is 3.37. The van der Waals surface area contributed by atoms with Gasteiger partial charge in [0.25, 0.3) is 0 Å². The normalized spacial score (nSPS) is 10.6. The van der Waals surface area contributed by atoms with Crippen molar-refractivity contribution < 1.29 is 0 Å². The second kappa shape index (κ2) is 5.14. The van der Waals surface area contributed by atoms with Gasteiger partial charge < -0.3 is 0 Å². The fourth-order valence-corrected chi connectivity index (χ4v) is 1.11. The first kappa shape index (κ1) is 8.54. The zero-order valence-corrected chi connectivity index (χ0v) is 7.92. The summed E-state index contributed by atoms with van der Waals surface area (Å²) in [5.74, 6) is 0. The van der Waals surface area contributed by atoms with Gasteiger partial charge in [0.2, 0.25) is 0 Å². The standard InChI is InChI=1S/C10H11Br/c11-9-5-4-8-10-6-2-1-3-7-10/h1-4,6-8H,5,9H2/b8-4-. The molecule has 0 N–H and O–H groups in total. The van der Waals surface area contributed by atoms with E-state index in [-0.39, 0.29) is 0 Å². The van der Waals surface area contributed by atoms with Gasteiger partial charge in [-0.05, 0) is 12.0 Å². The lowest BCUT2D eigenvalue weighted by Crippen LogP contribution is -1.69. The molecule has 0 heterocycles. The van der Waals surface area contributed by atoms with Crippen molar-refractivity contribution in [2.24, 2.45) is 0 Å². The minimum absolute atomic E-state index is 1.04. The summed E-state index contributed by atoms with van der Waals surface area (Å²) >= 11 is 3.37. The van der Waals surface area contributed by atoms with Crippen molar-refractivity contribution in [1.82, 2.24) is 0 Å². The van der Waals surface area contributed by atoms with E-state index in [9.17, 15) is 0 Å². The van der Waals surface area contributed by atoms with Crippen LogP contribution in [0, 0.1) is 0 Å². The van der Waals surface area contributed by atoms with Gasteiger partial charge in [0.15, 0.2) is 0 Å². The Labute approximate surface area is 76.1 Å². The molecule has 0 nitrogen and oxygen atoms in total. The van der Waals surface area contributed by atoms with E-state index in [4.69, 9.17) is 0 Å². The third-order valence-corrected chi connectivity index (χ3v) is 1.84. The molecule has 0 atom stereocenters. The second-order valence-electron chi connectivity index (χ2n) is 2.29. The van der Waals surface area contributed by atoms with Gasteiger partial charge in [-0.2, -0.15) is 0 Å². The molecule has 0 aliphatic heterocycles. The summed E-state index contributed by atoms with van der Waals surface area (Å²) in [6.07, 6.45) is 5.40. The lowest BCUT2D eigenvalue weighted by atomic mass is 10.2. The molecule has 1 heteroatoms. The first-order valence-corrected chi connectivity index (χ1v) is 4.83. The molecule has 11 heavy (non-hydrogen) atoms. The molecule has 58 valence electrons. The summed E-state index contributed by atoms with van der Waals surface area (Å²) in [5, 5.41) is 1.04. The van der Waals surface area contributed by atoms with Crippen LogP contribution >= 0.6 is 15.9 Å². The molecule has 0 saturated heterocycles. The molecule has 0 radical (unpaired) electrons. The second-order valence-corrected chi connectivity index (χ2v) is 3.08. The number of halogens is 1. The Morgan fingerprint density at radius 3 is 2.55 bits per heavy atom. The Morgan fingerprint density at radius 2 is 1.91 bits per heavy atom. The van der Waals surface area contributed by atoms with Gasteiger partial charge in [0.1, 0.15) is 0 Å². The average Bonchev–Trinajstić information content (AvgIpc) is 2.07. The highest BCUT2D eigenvalue weighted by atomic mass is 79.9. The van der Waals surface area contributed by atoms with Gasteiger partial charge in [-0.3, -0.25) is 0 Å². The van der Waals surface area contributed by atoms with E-state index in [0.717, 1.165) is 11.8 Å². The molecule has 0 amide bonds. The summed E-state index contributed by atoms with van der Waals surface area (Å²) in [5.41, 5.74) is 1.27. The van der Waals surface area contributed by atoms with Crippen LogP contribution in [0.1, 0.15) is 12.0 Å². The van der Waals surface area contributed by atoms with Crippen molar-refractivity contribution in [2.75, 3.05) is 5.33 Å². The van der Waals surface area contributed by atoms with E-state index >= 15 is 0 Å². The lowest BCUT2D eigenvalue weighted by molar-refractivity contribution is 1.27. The summed E-state index contributed by atoms with van der Waals surface area (Å²) in [7, 11) is 0. The predicted octanol–water partition coefficient (Wildman–Crippen LogP) is 3.48. The van der Waals surface area contributed by atoms with Crippen molar-refractivity contribution in [3.63, 3.8) is 0 Å². The molecule has 0 aromatic heterocycles. The molecule has 0 fully saturated rings. The first-order valence-electron chi connectivity index (χ1n) is 3.71. The van der Waals surface area contributed by atoms with Crippen LogP contribution < -0.4 is 0 Å². The Kier molecular flexibility index (Phi) is 3.99. The predicted molar refractivity (Wildman–Crippen MR) is 53.9 cm³/mol. The van der Waals surface area contributed by atoms with Gasteiger partial charge in [-0.25, -0.2) is 0 Å². The van der Waals surface area contributed by atoms with Crippen LogP contribution in [0.25, 0.3) is 6.08 Å². The molecule has 0 spiro atoms. The van der Waals surface area contributed by atoms with Crippen LogP contribution in [-0.2, 0) is 0 Å². The molecular weight excluding hydrogens is 200 g/mol. The number of alkyl halides is 1. The maximum absolute atomic E-state index is 3.37. The summed E-state index contributed by atoms with van der Waals surface area (Å²) < 4.78 is 0. The van der Waals surface area contributed by atoms with Crippen LogP contribution in [0.5, 0.6) is 0 Å². The SMILES string of the molecule is BrCC/C=C\c1ccccc1. The molecule has 0 unspecified atom stereocenters. The number of allylic oxidation sites excluding steroid dienone is 1. The zero-order valence-electron chi connectivity index (χ0n) is 6.33. The number of hydrogen-bond donors (Lipinski definition) is 0. The summed E-state index contributed by atoms with van der Waals surface area (Å²) in [4.78, 5) is 0. The number of benzene rings is 1. The Hall–Kier alpha value is -0.560. The third kappa shape index (κ3) is 3.38. The maximum Gasteiger partial charge on any atom is 0.00660 e. The van der Waals surface area contributed by atoms with Crippen molar-refractivity contribution in [3.05, 3.63) is 42.0 Å². The van der Waals surface area contributed by atoms with E-state index in [2.05, 4.69) is 40.2 Å². The van der Waals surface area contributed by atoms with Crippen LogP contribution in [0.2, 0.25) is 0 Å². The highest BCUT2D eigenvalue weighted by molar-refractivity contribution is 9.09. The van der Waals surface area contributed by atoms with E-state index in [1.165, 1.54) is 5.56 Å². The molecule has 0 aliphatic rings. The van der Waals surface area contributed by atoms with Gasteiger partial charge >= 0.3 is 0 Å². The van der Waals surface area contributed by atoms with Crippen molar-refractivity contribution in [3.8, 4) is 0 Å². The van der Waals surface area contributed by atoms with Crippen molar-refractivity contribution in [1.29, 1.82) is 0 Å². The molecule has 0 saturated carbocycles. The van der Waals surface area contributed by atoms with Crippen LogP contribution in [0.3, 0.4) is 0 Å². The average molecular weight is 211 g/mol. The molecule has 1 aromatic carbocycles. The van der Waals surface area contributed by atoms with E-state index in [1.54, 1.807) is 0 Å². The van der Waals surface area contributed by atoms with Gasteiger partial charge in [-0.1, -0.05) is 58.4 Å². The van der Waals surface area contributed by atoms with Crippen LogP contribution in [0.4, 0.5) is 0 Å². The largest absolute Gasteiger partial charge is 0.0925 e. The van der Waals surface area contributed by atoms with Crippen molar-refractivity contribution >= 4 is 22.0 Å². The molecule has 0 bridgehead atoms. The molecule has 1 rings (SSSR count). The van der Waals surface area contributed by atoms with Crippen LogP contribution in [0.15, 0.2) is 36.4 Å². The van der Waals surface area contributed by atoms with E-state index in [0.29, 0.717) is 0 Å². The summed E-state index contributed by atoms with van der Waals surface area (Å²) in [6, 6.07) is 10.3. The van der Waals surface area contributed by atoms with Gasteiger partial charge in [0, 0.05) is 5.33 Å². The zero-order chi connectivity index (χ0) is 7.94. The highest BCUT2D eigenvalue weighted by Gasteiger charge is 1.80. The monoisotopic (exact) mass is 210 g/mol. The number of rotatable bonds is 3. The quantitative estimate of drug-likeness (QED) is 0.671. The van der Waals surface area contributed by atoms with Gasteiger partial charge in [0.05, 0.1) is 0 Å². The first-order chi connectivity index (χ1) is 5.43. The lowest BCUT2D eigenvalue weighted by Gasteiger charge is -1.89. The van der Waals surface area contributed by atoms with Crippen molar-refractivity contribution in [2.45, 2.75) is 6.42 Å². The summed E-state index contributed by atoms with van der Waals surface area (Å²) in [6.45, 7) is 0. The Morgan fingerprint density at radius 1 is 1.18 bits per heavy atom. The fraction of sp³-hybridized carbons (Fsp3) is 0.200. The number of hydrogen-bond acceptors (Lipinski definition) is 0. The topological polar surface area (TPSA) is 0 Å². The highest BCUT2D eigenvalue weighted by Crippen LogP contribution is 2.02. The van der Waals surface area contributed by atoms with E-state index in [1.807, 2.05) is 18.2 Å². The third-order valence-electron chi connectivity index (χ3n) is 1.39. The molecule has 1 aromatic rings. The van der Waals surface area contributed by atoms with Crippen LogP contribution in [-0.4, -0.2) is 5.33 Å². The Balaban J connectivity index is 2.50. The minimum Gasteiger partial charge on any atom is -0.0925 e. The minimum atomic E-state index is 1.04. The van der Waals surface area contributed by atoms with Gasteiger partial charge in [-0.15, -0.1) is 0 Å². The Bertz CT molecular complexity index is 214. The molecular formula is C10H11Br. The fourth-order valence-electron chi connectivity index (χ4n) is 0.847. The van der Waals surface area contributed by atoms with E-state index < -0.39 is 0 Å². The smallest absolute Gasteiger partial charge is 0.00660 e. The molecule has 0 aliphatic carbocycles.